The summed E-state index contributed by atoms with van der Waals surface area (Å²) >= 11 is 0. The molecule has 148 valence electrons. The van der Waals surface area contributed by atoms with Crippen LogP contribution >= 0.6 is 0 Å². The number of ketones is 1. The molecule has 0 aliphatic carbocycles. The smallest absolute Gasteiger partial charge is 0.322 e. The van der Waals surface area contributed by atoms with Crippen LogP contribution in [0, 0.1) is 0 Å². The van der Waals surface area contributed by atoms with Crippen LogP contribution in [0.15, 0.2) is 48.5 Å². The summed E-state index contributed by atoms with van der Waals surface area (Å²) in [5.74, 6) is 0.0332. The minimum Gasteiger partial charge on any atom is -0.394 e. The number of benzene rings is 2. The second-order valence-electron chi connectivity index (χ2n) is 7.49. The summed E-state index contributed by atoms with van der Waals surface area (Å²) < 4.78 is 0. The zero-order valence-electron chi connectivity index (χ0n) is 16.6. The summed E-state index contributed by atoms with van der Waals surface area (Å²) in [6.07, 6.45) is 0.766. The number of aliphatic hydroxyl groups excluding tert-OH is 1. The third-order valence-corrected chi connectivity index (χ3v) is 5.33. The number of carbonyl (C=O) groups is 2. The van der Waals surface area contributed by atoms with Crippen molar-refractivity contribution >= 4 is 17.5 Å². The first kappa shape index (κ1) is 20.0. The number of rotatable bonds is 5. The van der Waals surface area contributed by atoms with E-state index in [0.29, 0.717) is 17.8 Å². The van der Waals surface area contributed by atoms with Crippen molar-refractivity contribution in [2.45, 2.75) is 25.4 Å². The Bertz CT molecular complexity index is 848. The zero-order valence-corrected chi connectivity index (χ0v) is 16.6. The molecule has 0 unspecified atom stereocenters. The molecule has 2 N–H and O–H groups in total. The quantitative estimate of drug-likeness (QED) is 0.781. The third-order valence-electron chi connectivity index (χ3n) is 5.33. The van der Waals surface area contributed by atoms with Gasteiger partial charge in [0.05, 0.1) is 12.6 Å². The number of aliphatic hydroxyl groups is 1. The average molecular weight is 381 g/mol. The Balaban J connectivity index is 1.69. The maximum Gasteiger partial charge on any atom is 0.322 e. The molecule has 3 rings (SSSR count). The van der Waals surface area contributed by atoms with Crippen molar-refractivity contribution in [3.8, 4) is 11.1 Å². The Labute approximate surface area is 165 Å². The highest BCUT2D eigenvalue weighted by atomic mass is 16.3. The molecule has 1 aliphatic rings. The van der Waals surface area contributed by atoms with Gasteiger partial charge in [-0.15, -0.1) is 0 Å². The van der Waals surface area contributed by atoms with Gasteiger partial charge < -0.3 is 20.2 Å². The SMILES string of the molecule is CC(=O)c1cccc(-c2ccc(NC(=O)N3C[C@H](N(C)C)C[C@H]3CO)cc2)c1. The van der Waals surface area contributed by atoms with E-state index in [2.05, 4.69) is 10.2 Å². The molecule has 0 bridgehead atoms. The summed E-state index contributed by atoms with van der Waals surface area (Å²) in [5, 5.41) is 12.5. The highest BCUT2D eigenvalue weighted by Gasteiger charge is 2.35. The number of carbonyl (C=O) groups excluding carboxylic acids is 2. The van der Waals surface area contributed by atoms with Crippen LogP contribution in [0.25, 0.3) is 11.1 Å². The van der Waals surface area contributed by atoms with Gasteiger partial charge in [0.1, 0.15) is 0 Å². The summed E-state index contributed by atoms with van der Waals surface area (Å²) in [6.45, 7) is 2.11. The van der Waals surface area contributed by atoms with Crippen molar-refractivity contribution in [3.05, 3.63) is 54.1 Å². The van der Waals surface area contributed by atoms with Crippen molar-refractivity contribution in [2.24, 2.45) is 0 Å². The summed E-state index contributed by atoms with van der Waals surface area (Å²) in [4.78, 5) is 28.0. The molecule has 2 atom stereocenters. The number of urea groups is 1. The number of hydrogen-bond donors (Lipinski definition) is 2. The largest absolute Gasteiger partial charge is 0.394 e. The second-order valence-corrected chi connectivity index (χ2v) is 7.49. The van der Waals surface area contributed by atoms with Crippen LogP contribution in [-0.2, 0) is 0 Å². The molecule has 6 nitrogen and oxygen atoms in total. The van der Waals surface area contributed by atoms with Crippen molar-refractivity contribution in [2.75, 3.05) is 32.6 Å². The molecule has 0 spiro atoms. The van der Waals surface area contributed by atoms with E-state index in [4.69, 9.17) is 0 Å². The molecule has 1 heterocycles. The van der Waals surface area contributed by atoms with Crippen LogP contribution in [0.5, 0.6) is 0 Å². The summed E-state index contributed by atoms with van der Waals surface area (Å²) in [5.41, 5.74) is 3.30. The van der Waals surface area contributed by atoms with E-state index in [9.17, 15) is 14.7 Å². The topological polar surface area (TPSA) is 72.9 Å². The number of likely N-dealkylation sites (tertiary alicyclic amines) is 1. The van der Waals surface area contributed by atoms with Crippen LogP contribution in [0.3, 0.4) is 0 Å². The van der Waals surface area contributed by atoms with E-state index in [1.165, 1.54) is 0 Å². The standard InChI is InChI=1S/C22H27N3O3/c1-15(27)17-5-4-6-18(11-17)16-7-9-19(10-8-16)23-22(28)25-13-20(24(2)3)12-21(25)14-26/h4-11,20-21,26H,12-14H2,1-3H3,(H,23,28)/t20-,21+/m1/s1. The number of amides is 2. The maximum absolute atomic E-state index is 12.7. The van der Waals surface area contributed by atoms with E-state index in [1.54, 1.807) is 17.9 Å². The van der Waals surface area contributed by atoms with Crippen LogP contribution in [0.4, 0.5) is 10.5 Å². The van der Waals surface area contributed by atoms with Gasteiger partial charge in [0.2, 0.25) is 0 Å². The summed E-state index contributed by atoms with van der Waals surface area (Å²) in [6, 6.07) is 14.9. The molecule has 28 heavy (non-hydrogen) atoms. The van der Waals surface area contributed by atoms with Gasteiger partial charge in [0, 0.05) is 23.8 Å². The maximum atomic E-state index is 12.7. The van der Waals surface area contributed by atoms with Gasteiger partial charge in [0.15, 0.2) is 5.78 Å². The molecule has 2 aromatic carbocycles. The summed E-state index contributed by atoms with van der Waals surface area (Å²) in [7, 11) is 3.97. The van der Waals surface area contributed by atoms with Gasteiger partial charge in [-0.3, -0.25) is 4.79 Å². The molecule has 1 aliphatic heterocycles. The minimum atomic E-state index is -0.199. The predicted molar refractivity (Wildman–Crippen MR) is 111 cm³/mol. The number of likely N-dealkylation sites (N-methyl/N-ethyl adjacent to an activating group) is 1. The van der Waals surface area contributed by atoms with E-state index < -0.39 is 0 Å². The second kappa shape index (κ2) is 8.54. The number of Topliss-reactive ketones (excluding diaryl/α,β-unsaturated/α-hetero) is 1. The third kappa shape index (κ3) is 4.40. The van der Waals surface area contributed by atoms with Gasteiger partial charge in [-0.1, -0.05) is 30.3 Å². The highest BCUT2D eigenvalue weighted by Crippen LogP contribution is 2.25. The monoisotopic (exact) mass is 381 g/mol. The molecule has 0 radical (unpaired) electrons. The lowest BCUT2D eigenvalue weighted by atomic mass is 10.0. The Morgan fingerprint density at radius 3 is 2.46 bits per heavy atom. The van der Waals surface area contributed by atoms with Crippen molar-refractivity contribution in [1.82, 2.24) is 9.80 Å². The van der Waals surface area contributed by atoms with Crippen LogP contribution in [-0.4, -0.2) is 66.1 Å². The lowest BCUT2D eigenvalue weighted by molar-refractivity contribution is 0.101. The van der Waals surface area contributed by atoms with Crippen molar-refractivity contribution in [3.63, 3.8) is 0 Å². The van der Waals surface area contributed by atoms with Crippen molar-refractivity contribution in [1.29, 1.82) is 0 Å². The van der Waals surface area contributed by atoms with Crippen molar-refractivity contribution < 1.29 is 14.7 Å². The fourth-order valence-electron chi connectivity index (χ4n) is 3.55. The number of anilines is 1. The Morgan fingerprint density at radius 2 is 1.86 bits per heavy atom. The lowest BCUT2D eigenvalue weighted by Crippen LogP contribution is -2.41. The first-order chi connectivity index (χ1) is 13.4. The molecule has 2 amide bonds. The van der Waals surface area contributed by atoms with E-state index in [1.807, 2.05) is 56.6 Å². The van der Waals surface area contributed by atoms with Crippen LogP contribution in [0.1, 0.15) is 23.7 Å². The van der Waals surface area contributed by atoms with Gasteiger partial charge in [-0.05, 0) is 56.8 Å². The predicted octanol–water partition coefficient (Wildman–Crippen LogP) is 3.08. The minimum absolute atomic E-state index is 0.0332. The molecule has 1 fully saturated rings. The van der Waals surface area contributed by atoms with Gasteiger partial charge in [0.25, 0.3) is 0 Å². The Morgan fingerprint density at radius 1 is 1.14 bits per heavy atom. The van der Waals surface area contributed by atoms with Crippen LogP contribution < -0.4 is 5.32 Å². The zero-order chi connectivity index (χ0) is 20.3. The van der Waals surface area contributed by atoms with E-state index in [0.717, 1.165) is 17.5 Å². The lowest BCUT2D eigenvalue weighted by Gasteiger charge is -2.23. The fraction of sp³-hybridized carbons (Fsp3) is 0.364. The molecular weight excluding hydrogens is 354 g/mol. The van der Waals surface area contributed by atoms with E-state index in [-0.39, 0.29) is 30.5 Å². The molecule has 1 saturated heterocycles. The highest BCUT2D eigenvalue weighted by molar-refractivity contribution is 5.95. The van der Waals surface area contributed by atoms with Crippen LogP contribution in [0.2, 0.25) is 0 Å². The molecule has 6 heteroatoms. The van der Waals surface area contributed by atoms with E-state index >= 15 is 0 Å². The number of nitrogens with one attached hydrogen (secondary N) is 1. The molecular formula is C22H27N3O3. The first-order valence-electron chi connectivity index (χ1n) is 9.45. The Kier molecular flexibility index (Phi) is 6.11. The molecule has 0 aromatic heterocycles. The fourth-order valence-corrected chi connectivity index (χ4v) is 3.55. The first-order valence-corrected chi connectivity index (χ1v) is 9.45. The molecule has 2 aromatic rings. The normalized spacial score (nSPS) is 19.1. The number of nitrogens with zero attached hydrogens (tertiary/aromatic N) is 2. The van der Waals surface area contributed by atoms with Gasteiger partial charge in [-0.2, -0.15) is 0 Å². The molecule has 0 saturated carbocycles. The number of hydrogen-bond acceptors (Lipinski definition) is 4. The van der Waals surface area contributed by atoms with Gasteiger partial charge >= 0.3 is 6.03 Å². The average Bonchev–Trinajstić information content (AvgIpc) is 3.13. The van der Waals surface area contributed by atoms with Gasteiger partial charge in [-0.25, -0.2) is 4.79 Å². The Hall–Kier alpha value is -2.70.